The smallest absolute Gasteiger partial charge is 0.159 e. The van der Waals surface area contributed by atoms with E-state index in [4.69, 9.17) is 4.98 Å². The van der Waals surface area contributed by atoms with Gasteiger partial charge in [-0.1, -0.05) is 42.5 Å². The minimum absolute atomic E-state index is 0.536. The largest absolute Gasteiger partial charge is 0.233 e. The van der Waals surface area contributed by atoms with Gasteiger partial charge in [0.1, 0.15) is 0 Å². The molecule has 19 heavy (non-hydrogen) atoms. The van der Waals surface area contributed by atoms with Gasteiger partial charge in [-0.05, 0) is 38.2 Å². The van der Waals surface area contributed by atoms with E-state index in [0.29, 0.717) is 5.92 Å². The third-order valence-electron chi connectivity index (χ3n) is 3.92. The van der Waals surface area contributed by atoms with Crippen molar-refractivity contribution in [2.75, 3.05) is 0 Å². The topological polar surface area (TPSA) is 25.8 Å². The van der Waals surface area contributed by atoms with E-state index in [1.54, 1.807) is 0 Å². The first kappa shape index (κ1) is 12.1. The van der Waals surface area contributed by atoms with Crippen LogP contribution in [0.15, 0.2) is 42.5 Å². The van der Waals surface area contributed by atoms with E-state index in [0.717, 1.165) is 29.9 Å². The van der Waals surface area contributed by atoms with Crippen molar-refractivity contribution in [2.45, 2.75) is 26.7 Å². The fraction of sp³-hybridized carbons (Fsp3) is 0.294. The van der Waals surface area contributed by atoms with Crippen molar-refractivity contribution in [3.63, 3.8) is 0 Å². The van der Waals surface area contributed by atoms with Gasteiger partial charge in [-0.3, -0.25) is 0 Å². The third kappa shape index (κ3) is 2.19. The van der Waals surface area contributed by atoms with Crippen molar-refractivity contribution >= 4 is 0 Å². The molecule has 1 aliphatic carbocycles. The van der Waals surface area contributed by atoms with E-state index in [1.807, 2.05) is 18.2 Å². The van der Waals surface area contributed by atoms with Crippen LogP contribution in [0.2, 0.25) is 0 Å². The van der Waals surface area contributed by atoms with E-state index in [9.17, 15) is 0 Å². The minimum atomic E-state index is 0.536. The fourth-order valence-corrected chi connectivity index (χ4v) is 2.71. The standard InChI is InChI=1S/C17H18N2/c1-11(2)14-9-15-12(3)18-17(19-16(15)10-14)13-7-5-4-6-8-13/h4-8,14H,1,9-10H2,2-3H3/t14-/m0/s1. The van der Waals surface area contributed by atoms with E-state index < -0.39 is 0 Å². The average molecular weight is 250 g/mol. The fourth-order valence-electron chi connectivity index (χ4n) is 2.71. The Labute approximate surface area is 114 Å². The van der Waals surface area contributed by atoms with Gasteiger partial charge in [0.25, 0.3) is 0 Å². The maximum absolute atomic E-state index is 4.76. The predicted octanol–water partition coefficient (Wildman–Crippen LogP) is 3.74. The molecular formula is C17H18N2. The van der Waals surface area contributed by atoms with Crippen molar-refractivity contribution in [1.29, 1.82) is 0 Å². The summed E-state index contributed by atoms with van der Waals surface area (Å²) in [6, 6.07) is 10.2. The molecule has 3 rings (SSSR count). The number of aromatic nitrogens is 2. The Morgan fingerprint density at radius 3 is 2.58 bits per heavy atom. The number of hydrogen-bond donors (Lipinski definition) is 0. The number of hydrogen-bond acceptors (Lipinski definition) is 2. The summed E-state index contributed by atoms with van der Waals surface area (Å²) in [5.41, 5.74) is 5.99. The Morgan fingerprint density at radius 2 is 1.89 bits per heavy atom. The van der Waals surface area contributed by atoms with Crippen molar-refractivity contribution in [1.82, 2.24) is 9.97 Å². The summed E-state index contributed by atoms with van der Waals surface area (Å²) in [6.07, 6.45) is 2.05. The van der Waals surface area contributed by atoms with E-state index >= 15 is 0 Å². The first-order valence-corrected chi connectivity index (χ1v) is 6.72. The summed E-state index contributed by atoms with van der Waals surface area (Å²) in [5.74, 6) is 1.38. The number of rotatable bonds is 2. The molecule has 2 heteroatoms. The molecule has 2 nitrogen and oxygen atoms in total. The molecule has 1 aromatic carbocycles. The molecule has 0 spiro atoms. The van der Waals surface area contributed by atoms with Gasteiger partial charge in [0.15, 0.2) is 5.82 Å². The monoisotopic (exact) mass is 250 g/mol. The SMILES string of the molecule is C=C(C)[C@@H]1Cc2nc(-c3ccccc3)nc(C)c2C1. The van der Waals surface area contributed by atoms with Crippen LogP contribution in [0.4, 0.5) is 0 Å². The number of allylic oxidation sites excluding steroid dienone is 1. The van der Waals surface area contributed by atoms with Crippen LogP contribution in [0, 0.1) is 12.8 Å². The van der Waals surface area contributed by atoms with Crippen LogP contribution in [0.5, 0.6) is 0 Å². The molecule has 0 unspecified atom stereocenters. The molecule has 0 aliphatic heterocycles. The van der Waals surface area contributed by atoms with Crippen LogP contribution in [0.1, 0.15) is 23.9 Å². The maximum Gasteiger partial charge on any atom is 0.159 e. The van der Waals surface area contributed by atoms with Crippen LogP contribution in [0.3, 0.4) is 0 Å². The molecule has 2 aromatic rings. The van der Waals surface area contributed by atoms with Crippen molar-refractivity contribution in [3.05, 3.63) is 59.4 Å². The van der Waals surface area contributed by atoms with Gasteiger partial charge < -0.3 is 0 Å². The molecule has 1 heterocycles. The molecule has 0 amide bonds. The Balaban J connectivity index is 2.03. The molecule has 1 aliphatic rings. The summed E-state index contributed by atoms with van der Waals surface area (Å²) in [4.78, 5) is 9.43. The number of nitrogens with zero attached hydrogens (tertiary/aromatic N) is 2. The molecule has 0 bridgehead atoms. The van der Waals surface area contributed by atoms with Crippen LogP contribution < -0.4 is 0 Å². The second-order valence-corrected chi connectivity index (χ2v) is 5.38. The highest BCUT2D eigenvalue weighted by molar-refractivity contribution is 5.56. The van der Waals surface area contributed by atoms with Crippen molar-refractivity contribution < 1.29 is 0 Å². The summed E-state index contributed by atoms with van der Waals surface area (Å²) >= 11 is 0. The third-order valence-corrected chi connectivity index (χ3v) is 3.92. The molecule has 1 aromatic heterocycles. The number of fused-ring (bicyclic) bond motifs is 1. The summed E-state index contributed by atoms with van der Waals surface area (Å²) in [6.45, 7) is 8.28. The zero-order valence-corrected chi connectivity index (χ0v) is 11.5. The van der Waals surface area contributed by atoms with E-state index in [-0.39, 0.29) is 0 Å². The Hall–Kier alpha value is -1.96. The zero-order valence-electron chi connectivity index (χ0n) is 11.5. The van der Waals surface area contributed by atoms with Crippen LogP contribution in [0.25, 0.3) is 11.4 Å². The molecule has 0 radical (unpaired) electrons. The lowest BCUT2D eigenvalue weighted by Crippen LogP contribution is -1.99. The normalized spacial score (nSPS) is 17.3. The molecule has 0 N–H and O–H groups in total. The molecule has 0 saturated heterocycles. The lowest BCUT2D eigenvalue weighted by Gasteiger charge is -2.06. The molecular weight excluding hydrogens is 232 g/mol. The van der Waals surface area contributed by atoms with Gasteiger partial charge in [-0.25, -0.2) is 9.97 Å². The zero-order chi connectivity index (χ0) is 13.4. The lowest BCUT2D eigenvalue weighted by molar-refractivity contribution is 0.656. The second kappa shape index (κ2) is 4.61. The van der Waals surface area contributed by atoms with Crippen molar-refractivity contribution in [3.8, 4) is 11.4 Å². The van der Waals surface area contributed by atoms with Crippen LogP contribution >= 0.6 is 0 Å². The van der Waals surface area contributed by atoms with Gasteiger partial charge in [0.2, 0.25) is 0 Å². The van der Waals surface area contributed by atoms with Crippen molar-refractivity contribution in [2.24, 2.45) is 5.92 Å². The Bertz CT molecular complexity index is 629. The average Bonchev–Trinajstić information content (AvgIpc) is 2.84. The maximum atomic E-state index is 4.76. The highest BCUT2D eigenvalue weighted by atomic mass is 14.9. The minimum Gasteiger partial charge on any atom is -0.233 e. The van der Waals surface area contributed by atoms with Crippen LogP contribution in [-0.2, 0) is 12.8 Å². The first-order valence-electron chi connectivity index (χ1n) is 6.72. The summed E-state index contributed by atoms with van der Waals surface area (Å²) in [5, 5.41) is 0. The van der Waals surface area contributed by atoms with Crippen LogP contribution in [-0.4, -0.2) is 9.97 Å². The van der Waals surface area contributed by atoms with Gasteiger partial charge in [0, 0.05) is 17.0 Å². The first-order chi connectivity index (χ1) is 9.15. The quantitative estimate of drug-likeness (QED) is 0.759. The van der Waals surface area contributed by atoms with E-state index in [2.05, 4.69) is 37.5 Å². The predicted molar refractivity (Wildman–Crippen MR) is 77.9 cm³/mol. The van der Waals surface area contributed by atoms with Gasteiger partial charge in [0.05, 0.1) is 0 Å². The summed E-state index contributed by atoms with van der Waals surface area (Å²) in [7, 11) is 0. The van der Waals surface area contributed by atoms with Gasteiger partial charge in [-0.2, -0.15) is 0 Å². The molecule has 1 atom stereocenters. The number of aryl methyl sites for hydroxylation is 1. The van der Waals surface area contributed by atoms with Gasteiger partial charge in [-0.15, -0.1) is 0 Å². The number of benzene rings is 1. The Kier molecular flexibility index (Phi) is 2.94. The molecule has 96 valence electrons. The molecule has 0 fully saturated rings. The summed E-state index contributed by atoms with van der Waals surface area (Å²) < 4.78 is 0. The second-order valence-electron chi connectivity index (χ2n) is 5.38. The van der Waals surface area contributed by atoms with Gasteiger partial charge >= 0.3 is 0 Å². The highest BCUT2D eigenvalue weighted by Gasteiger charge is 2.26. The Morgan fingerprint density at radius 1 is 1.16 bits per heavy atom. The molecule has 0 saturated carbocycles. The highest BCUT2D eigenvalue weighted by Crippen LogP contribution is 2.32. The van der Waals surface area contributed by atoms with E-state index in [1.165, 1.54) is 16.8 Å². The lowest BCUT2D eigenvalue weighted by atomic mass is 9.99.